The molecular formula is C22H21N3O3. The number of rotatable bonds is 5. The van der Waals surface area contributed by atoms with Crippen molar-refractivity contribution in [3.8, 4) is 11.5 Å². The molecule has 0 amide bonds. The zero-order chi connectivity index (χ0) is 19.5. The van der Waals surface area contributed by atoms with Crippen LogP contribution in [0.25, 0.3) is 0 Å². The van der Waals surface area contributed by atoms with E-state index in [4.69, 9.17) is 9.47 Å². The van der Waals surface area contributed by atoms with Gasteiger partial charge in [0.1, 0.15) is 0 Å². The predicted molar refractivity (Wildman–Crippen MR) is 107 cm³/mol. The highest BCUT2D eigenvalue weighted by molar-refractivity contribution is 5.98. The molecule has 0 bridgehead atoms. The van der Waals surface area contributed by atoms with E-state index in [1.807, 2.05) is 48.5 Å². The molecule has 1 heterocycles. The number of fused-ring (bicyclic) bond motifs is 1. The number of Topliss-reactive ketones (excluding diaryl/α,β-unsaturated/α-hetero) is 1. The molecule has 142 valence electrons. The van der Waals surface area contributed by atoms with Crippen molar-refractivity contribution in [1.29, 1.82) is 0 Å². The second-order valence-corrected chi connectivity index (χ2v) is 6.69. The second-order valence-electron chi connectivity index (χ2n) is 6.69. The van der Waals surface area contributed by atoms with E-state index in [0.717, 1.165) is 16.9 Å². The first-order chi connectivity index (χ1) is 13.7. The Morgan fingerprint density at radius 2 is 1.79 bits per heavy atom. The number of ketones is 1. The fraction of sp³-hybridized carbons (Fsp3) is 0.227. The van der Waals surface area contributed by atoms with Crippen molar-refractivity contribution in [3.63, 3.8) is 0 Å². The molecule has 6 heteroatoms. The number of ether oxygens (including phenoxy) is 2. The number of hydrogen-bond acceptors (Lipinski definition) is 6. The Morgan fingerprint density at radius 1 is 1.00 bits per heavy atom. The fourth-order valence-electron chi connectivity index (χ4n) is 3.50. The molecule has 1 aromatic heterocycles. The van der Waals surface area contributed by atoms with E-state index in [2.05, 4.69) is 15.3 Å². The topological polar surface area (TPSA) is 73.3 Å². The maximum atomic E-state index is 12.7. The molecule has 4 rings (SSSR count). The summed E-state index contributed by atoms with van der Waals surface area (Å²) in [6.45, 7) is 0. The number of nitrogens with zero attached hydrogens (tertiary/aromatic N) is 2. The van der Waals surface area contributed by atoms with Gasteiger partial charge in [0.05, 0.1) is 25.5 Å². The van der Waals surface area contributed by atoms with E-state index in [1.54, 1.807) is 20.4 Å². The lowest BCUT2D eigenvalue weighted by atomic mass is 9.82. The normalized spacial score (nSPS) is 15.6. The lowest BCUT2D eigenvalue weighted by Gasteiger charge is -2.24. The van der Waals surface area contributed by atoms with Crippen LogP contribution in [-0.2, 0) is 6.42 Å². The van der Waals surface area contributed by atoms with Crippen LogP contribution in [0.15, 0.2) is 54.7 Å². The third-order valence-electron chi connectivity index (χ3n) is 4.95. The van der Waals surface area contributed by atoms with Crippen LogP contribution < -0.4 is 14.8 Å². The maximum Gasteiger partial charge on any atom is 0.227 e. The number of anilines is 2. The minimum atomic E-state index is 0.0410. The van der Waals surface area contributed by atoms with Crippen LogP contribution in [0.1, 0.15) is 34.0 Å². The van der Waals surface area contributed by atoms with Gasteiger partial charge in [-0.1, -0.05) is 24.3 Å². The summed E-state index contributed by atoms with van der Waals surface area (Å²) in [6, 6.07) is 15.5. The molecule has 2 aromatic carbocycles. The van der Waals surface area contributed by atoms with Crippen LogP contribution in [0.2, 0.25) is 0 Å². The van der Waals surface area contributed by atoms with Gasteiger partial charge in [0, 0.05) is 18.3 Å². The number of methoxy groups -OCH3 is 2. The van der Waals surface area contributed by atoms with Gasteiger partial charge in [-0.2, -0.15) is 0 Å². The van der Waals surface area contributed by atoms with Gasteiger partial charge in [-0.3, -0.25) is 4.79 Å². The highest BCUT2D eigenvalue weighted by Crippen LogP contribution is 2.36. The summed E-state index contributed by atoms with van der Waals surface area (Å²) in [6.07, 6.45) is 2.72. The van der Waals surface area contributed by atoms with Crippen molar-refractivity contribution < 1.29 is 14.3 Å². The number of aromatic nitrogens is 2. The Labute approximate surface area is 163 Å². The smallest absolute Gasteiger partial charge is 0.227 e. The van der Waals surface area contributed by atoms with Gasteiger partial charge in [-0.15, -0.1) is 0 Å². The maximum absolute atomic E-state index is 12.7. The average molecular weight is 375 g/mol. The van der Waals surface area contributed by atoms with E-state index in [1.165, 1.54) is 0 Å². The Bertz CT molecular complexity index is 1010. The first-order valence-electron chi connectivity index (χ1n) is 9.11. The summed E-state index contributed by atoms with van der Waals surface area (Å²) < 4.78 is 10.7. The molecule has 28 heavy (non-hydrogen) atoms. The standard InChI is InChI=1S/C22H21N3O3/c1-27-20-9-8-14(12-21(20)28-2)15-10-18-17(19(26)11-15)13-23-22(25-18)24-16-6-4-3-5-7-16/h3-9,12-13,15H,10-11H2,1-2H3,(H,23,24,25). The summed E-state index contributed by atoms with van der Waals surface area (Å²) in [5, 5.41) is 3.19. The van der Waals surface area contributed by atoms with Gasteiger partial charge in [-0.05, 0) is 42.2 Å². The minimum Gasteiger partial charge on any atom is -0.493 e. The number of hydrogen-bond donors (Lipinski definition) is 1. The monoisotopic (exact) mass is 375 g/mol. The molecule has 0 fully saturated rings. The van der Waals surface area contributed by atoms with Crippen LogP contribution in [0.4, 0.5) is 11.6 Å². The molecule has 3 aromatic rings. The van der Waals surface area contributed by atoms with Gasteiger partial charge < -0.3 is 14.8 Å². The number of benzene rings is 2. The van der Waals surface area contributed by atoms with Gasteiger partial charge in [0.15, 0.2) is 17.3 Å². The summed E-state index contributed by atoms with van der Waals surface area (Å²) in [5.41, 5.74) is 3.31. The summed E-state index contributed by atoms with van der Waals surface area (Å²) >= 11 is 0. The summed E-state index contributed by atoms with van der Waals surface area (Å²) in [5.74, 6) is 1.93. The number of carbonyl (C=O) groups is 1. The molecular weight excluding hydrogens is 354 g/mol. The Balaban J connectivity index is 1.61. The van der Waals surface area contributed by atoms with Gasteiger partial charge in [-0.25, -0.2) is 9.97 Å². The molecule has 1 aliphatic carbocycles. The molecule has 1 unspecified atom stereocenters. The van der Waals surface area contributed by atoms with Gasteiger partial charge >= 0.3 is 0 Å². The van der Waals surface area contributed by atoms with E-state index >= 15 is 0 Å². The fourth-order valence-corrected chi connectivity index (χ4v) is 3.50. The molecule has 0 radical (unpaired) electrons. The van der Waals surface area contributed by atoms with Crippen LogP contribution in [0.5, 0.6) is 11.5 Å². The van der Waals surface area contributed by atoms with Crippen LogP contribution in [-0.4, -0.2) is 30.0 Å². The van der Waals surface area contributed by atoms with Crippen molar-refractivity contribution in [2.45, 2.75) is 18.8 Å². The molecule has 1 N–H and O–H groups in total. The molecule has 0 saturated carbocycles. The summed E-state index contributed by atoms with van der Waals surface area (Å²) in [4.78, 5) is 21.6. The van der Waals surface area contributed by atoms with E-state index in [0.29, 0.717) is 35.9 Å². The van der Waals surface area contributed by atoms with Crippen molar-refractivity contribution in [1.82, 2.24) is 9.97 Å². The van der Waals surface area contributed by atoms with Crippen LogP contribution in [0, 0.1) is 0 Å². The molecule has 0 aliphatic heterocycles. The third kappa shape index (κ3) is 3.53. The Morgan fingerprint density at radius 3 is 2.54 bits per heavy atom. The quantitative estimate of drug-likeness (QED) is 0.722. The molecule has 1 atom stereocenters. The molecule has 0 saturated heterocycles. The Hall–Kier alpha value is -3.41. The third-order valence-corrected chi connectivity index (χ3v) is 4.95. The van der Waals surface area contributed by atoms with E-state index in [-0.39, 0.29) is 11.7 Å². The van der Waals surface area contributed by atoms with E-state index < -0.39 is 0 Å². The first kappa shape index (κ1) is 18.0. The molecule has 0 spiro atoms. The zero-order valence-corrected chi connectivity index (χ0v) is 15.8. The number of nitrogens with one attached hydrogen (secondary N) is 1. The highest BCUT2D eigenvalue weighted by Gasteiger charge is 2.28. The first-order valence-corrected chi connectivity index (χ1v) is 9.11. The molecule has 6 nitrogen and oxygen atoms in total. The van der Waals surface area contributed by atoms with Crippen molar-refractivity contribution in [2.75, 3.05) is 19.5 Å². The van der Waals surface area contributed by atoms with Crippen LogP contribution >= 0.6 is 0 Å². The lowest BCUT2D eigenvalue weighted by Crippen LogP contribution is -2.21. The van der Waals surface area contributed by atoms with Gasteiger partial charge in [0.2, 0.25) is 5.95 Å². The largest absolute Gasteiger partial charge is 0.493 e. The average Bonchev–Trinajstić information content (AvgIpc) is 2.73. The zero-order valence-electron chi connectivity index (χ0n) is 15.8. The van der Waals surface area contributed by atoms with Gasteiger partial charge in [0.25, 0.3) is 0 Å². The predicted octanol–water partition coefficient (Wildman–Crippen LogP) is 4.15. The lowest BCUT2D eigenvalue weighted by molar-refractivity contribution is 0.0962. The van der Waals surface area contributed by atoms with Crippen molar-refractivity contribution in [2.24, 2.45) is 0 Å². The van der Waals surface area contributed by atoms with Crippen molar-refractivity contribution in [3.05, 3.63) is 71.5 Å². The van der Waals surface area contributed by atoms with Crippen LogP contribution in [0.3, 0.4) is 0 Å². The summed E-state index contributed by atoms with van der Waals surface area (Å²) in [7, 11) is 3.22. The van der Waals surface area contributed by atoms with E-state index in [9.17, 15) is 4.79 Å². The second kappa shape index (κ2) is 7.68. The number of para-hydroxylation sites is 1. The minimum absolute atomic E-state index is 0.0410. The molecule has 1 aliphatic rings. The Kier molecular flexibility index (Phi) is 4.93. The number of carbonyl (C=O) groups excluding carboxylic acids is 1. The SMILES string of the molecule is COc1ccc(C2CC(=O)c3cnc(Nc4ccccc4)nc3C2)cc1OC. The van der Waals surface area contributed by atoms with Crippen molar-refractivity contribution >= 4 is 17.4 Å². The highest BCUT2D eigenvalue weighted by atomic mass is 16.5.